The lowest BCUT2D eigenvalue weighted by Crippen LogP contribution is -2.10. The lowest BCUT2D eigenvalue weighted by molar-refractivity contribution is -0.137. The van der Waals surface area contributed by atoms with Gasteiger partial charge in [0.05, 0.1) is 13.2 Å². The quantitative estimate of drug-likeness (QED) is 0.145. The maximum Gasteiger partial charge on any atom is 0.330 e. The summed E-state index contributed by atoms with van der Waals surface area (Å²) in [5, 5.41) is 0. The summed E-state index contributed by atoms with van der Waals surface area (Å²) >= 11 is 0. The zero-order chi connectivity index (χ0) is 26.7. The summed E-state index contributed by atoms with van der Waals surface area (Å²) in [6.45, 7) is 10.2. The number of nitrogens with zero attached hydrogens (tertiary/aromatic N) is 1. The highest BCUT2D eigenvalue weighted by Gasteiger charge is 2.13. The number of benzene rings is 4. The molecule has 4 nitrogen and oxygen atoms in total. The molecule has 0 amide bonds. The minimum atomic E-state index is -0.399. The minimum absolute atomic E-state index is 0.331. The van der Waals surface area contributed by atoms with E-state index in [2.05, 4.69) is 97.8 Å². The number of esters is 1. The Hall–Kier alpha value is -4.57. The highest BCUT2D eigenvalue weighted by molar-refractivity contribution is 5.81. The minimum Gasteiger partial charge on any atom is -0.493 e. The van der Waals surface area contributed by atoms with Crippen molar-refractivity contribution in [3.05, 3.63) is 139 Å². The SMILES string of the molecule is C=CC(=O)OCCc1ccc(N(c2ccc(C)cc2)c2ccc(CCOc3ccc(C=C)cc3)cc2)cc1. The van der Waals surface area contributed by atoms with Gasteiger partial charge in [-0.05, 0) is 72.1 Å². The van der Waals surface area contributed by atoms with Gasteiger partial charge >= 0.3 is 5.97 Å². The number of carbonyl (C=O) groups excluding carboxylic acids is 1. The smallest absolute Gasteiger partial charge is 0.330 e. The topological polar surface area (TPSA) is 38.8 Å². The Balaban J connectivity index is 1.46. The zero-order valence-corrected chi connectivity index (χ0v) is 21.8. The maximum absolute atomic E-state index is 11.3. The van der Waals surface area contributed by atoms with E-state index in [4.69, 9.17) is 9.47 Å². The van der Waals surface area contributed by atoms with Gasteiger partial charge in [-0.25, -0.2) is 4.79 Å². The molecule has 0 atom stereocenters. The van der Waals surface area contributed by atoms with Gasteiger partial charge in [0, 0.05) is 36.0 Å². The van der Waals surface area contributed by atoms with E-state index in [1.165, 1.54) is 17.2 Å². The molecule has 4 heteroatoms. The Morgan fingerprint density at radius 1 is 0.711 bits per heavy atom. The van der Waals surface area contributed by atoms with E-state index >= 15 is 0 Å². The van der Waals surface area contributed by atoms with Crippen LogP contribution >= 0.6 is 0 Å². The van der Waals surface area contributed by atoms with E-state index in [1.807, 2.05) is 30.3 Å². The summed E-state index contributed by atoms with van der Waals surface area (Å²) in [6.07, 6.45) is 4.48. The molecule has 0 unspecified atom stereocenters. The second kappa shape index (κ2) is 13.1. The molecule has 0 fully saturated rings. The third-order valence-electron chi connectivity index (χ3n) is 6.26. The van der Waals surface area contributed by atoms with Gasteiger partial charge in [-0.1, -0.05) is 73.3 Å². The molecule has 0 aromatic heterocycles. The average Bonchev–Trinajstić information content (AvgIpc) is 2.96. The first kappa shape index (κ1) is 26.5. The fraction of sp³-hybridized carbons (Fsp3) is 0.147. The number of anilines is 3. The Kier molecular flexibility index (Phi) is 9.14. The average molecular weight is 504 g/mol. The third-order valence-corrected chi connectivity index (χ3v) is 6.26. The van der Waals surface area contributed by atoms with Crippen molar-refractivity contribution in [2.45, 2.75) is 19.8 Å². The molecule has 38 heavy (non-hydrogen) atoms. The van der Waals surface area contributed by atoms with Crippen LogP contribution in [-0.4, -0.2) is 19.2 Å². The van der Waals surface area contributed by atoms with E-state index in [9.17, 15) is 4.79 Å². The van der Waals surface area contributed by atoms with Crippen LogP contribution in [0.2, 0.25) is 0 Å². The first-order valence-corrected chi connectivity index (χ1v) is 12.7. The molecule has 0 saturated carbocycles. The largest absolute Gasteiger partial charge is 0.493 e. The lowest BCUT2D eigenvalue weighted by Gasteiger charge is -2.26. The summed E-state index contributed by atoms with van der Waals surface area (Å²) in [6, 6.07) is 33.4. The summed E-state index contributed by atoms with van der Waals surface area (Å²) in [7, 11) is 0. The van der Waals surface area contributed by atoms with Crippen molar-refractivity contribution in [3.63, 3.8) is 0 Å². The summed E-state index contributed by atoms with van der Waals surface area (Å²) in [5.41, 5.74) is 7.82. The molecule has 0 aliphatic heterocycles. The Morgan fingerprint density at radius 3 is 1.71 bits per heavy atom. The molecule has 0 aliphatic rings. The van der Waals surface area contributed by atoms with Crippen molar-refractivity contribution in [3.8, 4) is 5.75 Å². The monoisotopic (exact) mass is 503 g/mol. The molecule has 0 saturated heterocycles. The van der Waals surface area contributed by atoms with Gasteiger partial charge in [-0.15, -0.1) is 0 Å². The van der Waals surface area contributed by atoms with E-state index in [0.29, 0.717) is 19.6 Å². The van der Waals surface area contributed by atoms with Crippen LogP contribution < -0.4 is 9.64 Å². The molecule has 4 aromatic rings. The van der Waals surface area contributed by atoms with Crippen molar-refractivity contribution in [2.24, 2.45) is 0 Å². The first-order valence-electron chi connectivity index (χ1n) is 12.7. The molecular weight excluding hydrogens is 470 g/mol. The van der Waals surface area contributed by atoms with Crippen LogP contribution in [0.3, 0.4) is 0 Å². The molecule has 0 bridgehead atoms. The van der Waals surface area contributed by atoms with Gasteiger partial charge in [0.1, 0.15) is 5.75 Å². The molecule has 0 aliphatic carbocycles. The predicted molar refractivity (Wildman–Crippen MR) is 156 cm³/mol. The summed E-state index contributed by atoms with van der Waals surface area (Å²) < 4.78 is 11.0. The molecule has 0 heterocycles. The molecule has 192 valence electrons. The fourth-order valence-electron chi connectivity index (χ4n) is 4.08. The van der Waals surface area contributed by atoms with Gasteiger partial charge in [0.2, 0.25) is 0 Å². The van der Waals surface area contributed by atoms with E-state index in [1.54, 1.807) is 0 Å². The molecule has 4 rings (SSSR count). The number of hydrogen-bond donors (Lipinski definition) is 0. The highest BCUT2D eigenvalue weighted by Crippen LogP contribution is 2.35. The molecular formula is C34H33NO3. The van der Waals surface area contributed by atoms with Gasteiger partial charge in [0.15, 0.2) is 0 Å². The zero-order valence-electron chi connectivity index (χ0n) is 21.8. The summed E-state index contributed by atoms with van der Waals surface area (Å²) in [4.78, 5) is 13.5. The molecule has 0 spiro atoms. The molecule has 0 N–H and O–H groups in total. The van der Waals surface area contributed by atoms with E-state index < -0.39 is 5.97 Å². The second-order valence-electron chi connectivity index (χ2n) is 9.00. The van der Waals surface area contributed by atoms with Gasteiger partial charge < -0.3 is 14.4 Å². The van der Waals surface area contributed by atoms with Crippen LogP contribution in [-0.2, 0) is 22.4 Å². The Morgan fingerprint density at radius 2 is 1.21 bits per heavy atom. The van der Waals surface area contributed by atoms with Crippen LogP contribution in [0.5, 0.6) is 5.75 Å². The van der Waals surface area contributed by atoms with E-state index in [-0.39, 0.29) is 0 Å². The van der Waals surface area contributed by atoms with Crippen LogP contribution in [0.1, 0.15) is 22.3 Å². The van der Waals surface area contributed by atoms with Crippen LogP contribution in [0.15, 0.2) is 116 Å². The van der Waals surface area contributed by atoms with Crippen molar-refractivity contribution < 1.29 is 14.3 Å². The van der Waals surface area contributed by atoms with Crippen molar-refractivity contribution >= 4 is 29.1 Å². The fourth-order valence-corrected chi connectivity index (χ4v) is 4.08. The number of ether oxygens (including phenoxy) is 2. The molecule has 0 radical (unpaired) electrons. The van der Waals surface area contributed by atoms with Crippen molar-refractivity contribution in [1.82, 2.24) is 0 Å². The standard InChI is InChI=1S/C34H33NO3/c1-4-27-12-20-33(21-13-27)37-24-22-28-8-16-31(17-9-28)35(30-14-6-26(3)7-15-30)32-18-10-29(11-19-32)23-25-38-34(36)5-2/h4-21H,1-2,22-25H2,3H3. The normalized spacial score (nSPS) is 10.4. The number of carbonyl (C=O) groups is 1. The molecule has 4 aromatic carbocycles. The van der Waals surface area contributed by atoms with Crippen molar-refractivity contribution in [2.75, 3.05) is 18.1 Å². The van der Waals surface area contributed by atoms with Gasteiger partial charge in [-0.3, -0.25) is 0 Å². The van der Waals surface area contributed by atoms with Crippen LogP contribution in [0.4, 0.5) is 17.1 Å². The highest BCUT2D eigenvalue weighted by atomic mass is 16.5. The Labute approximate surface area is 225 Å². The number of hydrogen-bond acceptors (Lipinski definition) is 4. The van der Waals surface area contributed by atoms with Crippen LogP contribution in [0, 0.1) is 6.92 Å². The lowest BCUT2D eigenvalue weighted by atomic mass is 10.1. The number of rotatable bonds is 12. The van der Waals surface area contributed by atoms with Gasteiger partial charge in [-0.2, -0.15) is 0 Å². The van der Waals surface area contributed by atoms with Gasteiger partial charge in [0.25, 0.3) is 0 Å². The predicted octanol–water partition coefficient (Wildman–Crippen LogP) is 8.00. The van der Waals surface area contributed by atoms with Crippen molar-refractivity contribution in [1.29, 1.82) is 0 Å². The second-order valence-corrected chi connectivity index (χ2v) is 9.00. The first-order chi connectivity index (χ1) is 18.6. The summed E-state index contributed by atoms with van der Waals surface area (Å²) in [5.74, 6) is 0.462. The van der Waals surface area contributed by atoms with E-state index in [0.717, 1.165) is 40.4 Å². The van der Waals surface area contributed by atoms with Crippen LogP contribution in [0.25, 0.3) is 6.08 Å². The Bertz CT molecular complexity index is 1340. The number of aryl methyl sites for hydroxylation is 1. The maximum atomic E-state index is 11.3. The third kappa shape index (κ3) is 7.23.